The van der Waals surface area contributed by atoms with Gasteiger partial charge in [0.25, 0.3) is 0 Å². The topological polar surface area (TPSA) is 0 Å². The fourth-order valence-corrected chi connectivity index (χ4v) is 7.66. The molecule has 0 spiro atoms. The van der Waals surface area contributed by atoms with Crippen LogP contribution in [-0.2, 0) is 0 Å². The summed E-state index contributed by atoms with van der Waals surface area (Å²) in [6.07, 6.45) is 14.8. The lowest BCUT2D eigenvalue weighted by molar-refractivity contribution is 0.487. The van der Waals surface area contributed by atoms with E-state index in [1.54, 1.807) is 5.30 Å². The van der Waals surface area contributed by atoms with E-state index in [4.69, 9.17) is 0 Å². The molecule has 0 saturated heterocycles. The van der Waals surface area contributed by atoms with Gasteiger partial charge in [-0.05, 0) is 48.4 Å². The van der Waals surface area contributed by atoms with Gasteiger partial charge in [-0.1, -0.05) is 70.7 Å². The van der Waals surface area contributed by atoms with Crippen LogP contribution in [0.4, 0.5) is 0 Å². The van der Waals surface area contributed by atoms with Crippen molar-refractivity contribution in [1.82, 2.24) is 0 Å². The number of benzene rings is 1. The number of rotatable bonds is 3. The minimum atomic E-state index is 0.0523. The van der Waals surface area contributed by atoms with Crippen LogP contribution in [-0.4, -0.2) is 11.3 Å². The molecular formula is C18H26P. The van der Waals surface area contributed by atoms with Crippen LogP contribution in [0.3, 0.4) is 0 Å². The Morgan fingerprint density at radius 3 is 1.84 bits per heavy atom. The lowest BCUT2D eigenvalue weighted by atomic mass is 9.99. The molecule has 0 bridgehead atoms. The first-order chi connectivity index (χ1) is 9.45. The molecule has 1 heteroatoms. The summed E-state index contributed by atoms with van der Waals surface area (Å²) < 4.78 is 0. The summed E-state index contributed by atoms with van der Waals surface area (Å²) in [5, 5.41) is 1.58. The third-order valence-electron chi connectivity index (χ3n) is 4.91. The SMILES string of the molecule is [c]1ccccc1P(C1CCCCC1)C1CCCCC1. The first-order valence-electron chi connectivity index (χ1n) is 8.20. The van der Waals surface area contributed by atoms with Crippen LogP contribution >= 0.6 is 7.92 Å². The summed E-state index contributed by atoms with van der Waals surface area (Å²) in [7, 11) is 0.0523. The monoisotopic (exact) mass is 273 g/mol. The molecule has 0 unspecified atom stereocenters. The molecule has 0 nitrogen and oxygen atoms in total. The highest BCUT2D eigenvalue weighted by atomic mass is 31.1. The predicted molar refractivity (Wildman–Crippen MR) is 85.6 cm³/mol. The molecular weight excluding hydrogens is 247 g/mol. The highest BCUT2D eigenvalue weighted by Gasteiger charge is 2.31. The van der Waals surface area contributed by atoms with Crippen molar-refractivity contribution in [3.8, 4) is 0 Å². The molecule has 19 heavy (non-hydrogen) atoms. The molecule has 2 aliphatic rings. The van der Waals surface area contributed by atoms with Crippen LogP contribution in [0.2, 0.25) is 0 Å². The van der Waals surface area contributed by atoms with Crippen molar-refractivity contribution in [3.63, 3.8) is 0 Å². The van der Waals surface area contributed by atoms with Gasteiger partial charge in [-0.2, -0.15) is 0 Å². The van der Waals surface area contributed by atoms with Crippen LogP contribution in [0.1, 0.15) is 64.2 Å². The van der Waals surface area contributed by atoms with Gasteiger partial charge in [0.1, 0.15) is 0 Å². The molecule has 0 aliphatic heterocycles. The van der Waals surface area contributed by atoms with Crippen molar-refractivity contribution in [1.29, 1.82) is 0 Å². The van der Waals surface area contributed by atoms with Gasteiger partial charge >= 0.3 is 0 Å². The first-order valence-corrected chi connectivity index (χ1v) is 9.68. The van der Waals surface area contributed by atoms with Crippen molar-refractivity contribution < 1.29 is 0 Å². The second kappa shape index (κ2) is 6.89. The minimum absolute atomic E-state index is 0.0523. The summed E-state index contributed by atoms with van der Waals surface area (Å²) in [5.41, 5.74) is 2.01. The van der Waals surface area contributed by atoms with E-state index >= 15 is 0 Å². The van der Waals surface area contributed by atoms with E-state index in [0.717, 1.165) is 11.3 Å². The smallest absolute Gasteiger partial charge is 0.0100 e. The van der Waals surface area contributed by atoms with Crippen molar-refractivity contribution in [3.05, 3.63) is 30.3 Å². The highest BCUT2D eigenvalue weighted by molar-refractivity contribution is 7.67. The normalized spacial score (nSPS) is 22.8. The summed E-state index contributed by atoms with van der Waals surface area (Å²) in [6.45, 7) is 0. The summed E-state index contributed by atoms with van der Waals surface area (Å²) in [6, 6.07) is 12.4. The van der Waals surface area contributed by atoms with Gasteiger partial charge in [0.15, 0.2) is 0 Å². The highest BCUT2D eigenvalue weighted by Crippen LogP contribution is 2.54. The first kappa shape index (κ1) is 13.6. The Labute approximate surface area is 119 Å². The average Bonchev–Trinajstić information content (AvgIpc) is 2.51. The molecule has 0 aromatic heterocycles. The number of hydrogen-bond acceptors (Lipinski definition) is 0. The molecule has 3 rings (SSSR count). The Hall–Kier alpha value is -0.350. The second-order valence-electron chi connectivity index (χ2n) is 6.24. The van der Waals surface area contributed by atoms with E-state index in [-0.39, 0.29) is 7.92 Å². The molecule has 1 aromatic rings. The maximum Gasteiger partial charge on any atom is -0.0100 e. The zero-order valence-corrected chi connectivity index (χ0v) is 12.9. The predicted octanol–water partition coefficient (Wildman–Crippen LogP) is 5.26. The molecule has 2 saturated carbocycles. The molecule has 1 aromatic carbocycles. The Morgan fingerprint density at radius 1 is 0.789 bits per heavy atom. The lowest BCUT2D eigenvalue weighted by Crippen LogP contribution is -2.26. The average molecular weight is 273 g/mol. The third kappa shape index (κ3) is 3.40. The zero-order chi connectivity index (χ0) is 12.9. The summed E-state index contributed by atoms with van der Waals surface area (Å²) >= 11 is 0. The lowest BCUT2D eigenvalue weighted by Gasteiger charge is -2.38. The Morgan fingerprint density at radius 2 is 1.37 bits per heavy atom. The second-order valence-corrected chi connectivity index (χ2v) is 9.00. The van der Waals surface area contributed by atoms with E-state index in [2.05, 4.69) is 30.3 Å². The van der Waals surface area contributed by atoms with Crippen molar-refractivity contribution in [2.24, 2.45) is 0 Å². The van der Waals surface area contributed by atoms with Crippen LogP contribution < -0.4 is 5.30 Å². The third-order valence-corrected chi connectivity index (χ3v) is 8.35. The van der Waals surface area contributed by atoms with E-state index in [1.807, 2.05) is 0 Å². The van der Waals surface area contributed by atoms with Gasteiger partial charge in [0.2, 0.25) is 0 Å². The molecule has 103 valence electrons. The molecule has 0 amide bonds. The Kier molecular flexibility index (Phi) is 4.94. The maximum atomic E-state index is 3.59. The minimum Gasteiger partial charge on any atom is -0.0683 e. The Balaban J connectivity index is 1.81. The standard InChI is InChI=1S/C18H26P/c1-4-10-16(11-5-1)19(17-12-6-2-7-13-17)18-14-8-3-9-15-18/h1,4-5,10,17-18H,2-3,6-9,12-15H2. The largest absolute Gasteiger partial charge is 0.0683 e. The number of hydrogen-bond donors (Lipinski definition) is 0. The van der Waals surface area contributed by atoms with Crippen LogP contribution in [0.15, 0.2) is 24.3 Å². The zero-order valence-electron chi connectivity index (χ0n) is 12.0. The van der Waals surface area contributed by atoms with Gasteiger partial charge in [-0.3, -0.25) is 0 Å². The van der Waals surface area contributed by atoms with Crippen molar-refractivity contribution in [2.45, 2.75) is 75.5 Å². The molecule has 0 atom stereocenters. The van der Waals surface area contributed by atoms with Gasteiger partial charge in [-0.15, -0.1) is 0 Å². The molecule has 0 heterocycles. The van der Waals surface area contributed by atoms with Crippen LogP contribution in [0.5, 0.6) is 0 Å². The van der Waals surface area contributed by atoms with Crippen LogP contribution in [0.25, 0.3) is 0 Å². The van der Waals surface area contributed by atoms with Gasteiger partial charge in [0.05, 0.1) is 0 Å². The fraction of sp³-hybridized carbons (Fsp3) is 0.667. The van der Waals surface area contributed by atoms with Crippen LogP contribution in [0, 0.1) is 6.07 Å². The van der Waals surface area contributed by atoms with Gasteiger partial charge < -0.3 is 0 Å². The molecule has 1 radical (unpaired) electrons. The summed E-state index contributed by atoms with van der Waals surface area (Å²) in [4.78, 5) is 0. The van der Waals surface area contributed by atoms with Gasteiger partial charge in [0, 0.05) is 0 Å². The molecule has 2 aliphatic carbocycles. The molecule has 0 N–H and O–H groups in total. The van der Waals surface area contributed by atoms with Crippen molar-refractivity contribution in [2.75, 3.05) is 0 Å². The fourth-order valence-electron chi connectivity index (χ4n) is 3.95. The van der Waals surface area contributed by atoms with E-state index in [9.17, 15) is 0 Å². The van der Waals surface area contributed by atoms with Crippen molar-refractivity contribution >= 4 is 13.2 Å². The molecule has 2 fully saturated rings. The van der Waals surface area contributed by atoms with E-state index in [0.29, 0.717) is 0 Å². The quantitative estimate of drug-likeness (QED) is 0.659. The maximum absolute atomic E-state index is 3.59. The Bertz CT molecular complexity index is 343. The van der Waals surface area contributed by atoms with Gasteiger partial charge in [-0.25, -0.2) is 0 Å². The summed E-state index contributed by atoms with van der Waals surface area (Å²) in [5.74, 6) is 0. The van der Waals surface area contributed by atoms with E-state index in [1.165, 1.54) is 64.2 Å². The van der Waals surface area contributed by atoms with E-state index < -0.39 is 0 Å².